The van der Waals surface area contributed by atoms with Crippen molar-refractivity contribution in [1.82, 2.24) is 0 Å². The van der Waals surface area contributed by atoms with E-state index in [4.69, 9.17) is 14.2 Å². The molecule has 160 valence electrons. The van der Waals surface area contributed by atoms with Crippen LogP contribution in [-0.2, 0) is 19.1 Å². The van der Waals surface area contributed by atoms with Crippen LogP contribution in [0.1, 0.15) is 18.9 Å². The standard InChI is InChI=1S/C22H24O8/c1-14(23)30-22(27)10-9-15(13-20(22)29-3)5-4-6-17(21(25)26)11-16-7-8-18(24)19(12-16)28-2/h4-5,7-13,20,24,27H,6H2,1-3H3,(H,25,26)/b5-4+,17-11+. The number of carbonyl (C=O) groups is 2. The van der Waals surface area contributed by atoms with Crippen molar-refractivity contribution in [3.8, 4) is 11.5 Å². The molecule has 2 rings (SSSR count). The Balaban J connectivity index is 2.16. The van der Waals surface area contributed by atoms with Crippen LogP contribution in [-0.4, -0.2) is 53.4 Å². The number of aromatic hydroxyl groups is 1. The van der Waals surface area contributed by atoms with E-state index in [-0.39, 0.29) is 23.5 Å². The van der Waals surface area contributed by atoms with Gasteiger partial charge in [0.15, 0.2) is 11.5 Å². The number of hydrogen-bond donors (Lipinski definition) is 3. The number of rotatable bonds is 8. The summed E-state index contributed by atoms with van der Waals surface area (Å²) in [6, 6.07) is 4.54. The number of hydrogen-bond acceptors (Lipinski definition) is 7. The summed E-state index contributed by atoms with van der Waals surface area (Å²) in [6.07, 6.45) is 8.43. The van der Waals surface area contributed by atoms with Gasteiger partial charge in [0.1, 0.15) is 6.10 Å². The molecular formula is C22H24O8. The fraction of sp³-hybridized carbons (Fsp3) is 0.273. The van der Waals surface area contributed by atoms with E-state index in [0.717, 1.165) is 0 Å². The molecule has 1 aromatic carbocycles. The molecule has 0 saturated carbocycles. The van der Waals surface area contributed by atoms with E-state index in [0.29, 0.717) is 11.1 Å². The summed E-state index contributed by atoms with van der Waals surface area (Å²) in [6.45, 7) is 1.18. The molecule has 0 fully saturated rings. The lowest BCUT2D eigenvalue weighted by atomic mass is 9.98. The van der Waals surface area contributed by atoms with Crippen molar-refractivity contribution in [3.63, 3.8) is 0 Å². The Morgan fingerprint density at radius 3 is 2.60 bits per heavy atom. The number of aliphatic hydroxyl groups is 1. The SMILES string of the molecule is COc1cc(/C=C(\C/C=C/C2=CC(OC)C(O)(OC(C)=O)C=C2)C(=O)O)ccc1O. The monoisotopic (exact) mass is 416 g/mol. The van der Waals surface area contributed by atoms with Crippen LogP contribution in [0.3, 0.4) is 0 Å². The maximum Gasteiger partial charge on any atom is 0.331 e. The topological polar surface area (TPSA) is 123 Å². The van der Waals surface area contributed by atoms with Crippen LogP contribution in [0.25, 0.3) is 6.08 Å². The highest BCUT2D eigenvalue weighted by molar-refractivity contribution is 5.92. The molecule has 2 atom stereocenters. The minimum Gasteiger partial charge on any atom is -0.504 e. The number of aliphatic carboxylic acids is 1. The molecule has 3 N–H and O–H groups in total. The van der Waals surface area contributed by atoms with Crippen molar-refractivity contribution in [2.75, 3.05) is 14.2 Å². The van der Waals surface area contributed by atoms with Crippen LogP contribution >= 0.6 is 0 Å². The van der Waals surface area contributed by atoms with Crippen LogP contribution in [0, 0.1) is 0 Å². The molecule has 0 aliphatic heterocycles. The molecule has 0 spiro atoms. The van der Waals surface area contributed by atoms with E-state index < -0.39 is 23.8 Å². The van der Waals surface area contributed by atoms with Gasteiger partial charge in [-0.3, -0.25) is 4.79 Å². The van der Waals surface area contributed by atoms with Gasteiger partial charge in [-0.1, -0.05) is 24.3 Å². The van der Waals surface area contributed by atoms with E-state index in [1.165, 1.54) is 45.4 Å². The molecule has 0 aromatic heterocycles. The number of methoxy groups -OCH3 is 2. The Kier molecular flexibility index (Phi) is 7.57. The van der Waals surface area contributed by atoms with Gasteiger partial charge in [0, 0.05) is 19.6 Å². The average molecular weight is 416 g/mol. The highest BCUT2D eigenvalue weighted by Gasteiger charge is 2.38. The lowest BCUT2D eigenvalue weighted by Crippen LogP contribution is -2.45. The number of carboxylic acid groups (broad SMARTS) is 1. The number of carboxylic acids is 1. The summed E-state index contributed by atoms with van der Waals surface area (Å²) in [5.74, 6) is -3.43. The molecule has 0 heterocycles. The van der Waals surface area contributed by atoms with Crippen molar-refractivity contribution in [3.05, 3.63) is 65.3 Å². The Hall–Kier alpha value is -3.36. The summed E-state index contributed by atoms with van der Waals surface area (Å²) >= 11 is 0. The van der Waals surface area contributed by atoms with E-state index in [9.17, 15) is 24.9 Å². The number of carbonyl (C=O) groups excluding carboxylic acids is 1. The second-order valence-corrected chi connectivity index (χ2v) is 6.51. The van der Waals surface area contributed by atoms with Crippen LogP contribution in [0.4, 0.5) is 0 Å². The number of ether oxygens (including phenoxy) is 3. The van der Waals surface area contributed by atoms with Crippen molar-refractivity contribution >= 4 is 18.0 Å². The first kappa shape index (κ1) is 22.9. The molecular weight excluding hydrogens is 392 g/mol. The van der Waals surface area contributed by atoms with Gasteiger partial charge in [-0.25, -0.2) is 4.79 Å². The zero-order chi connectivity index (χ0) is 22.3. The molecule has 0 amide bonds. The van der Waals surface area contributed by atoms with Gasteiger partial charge >= 0.3 is 11.9 Å². The lowest BCUT2D eigenvalue weighted by molar-refractivity contribution is -0.217. The molecule has 8 heteroatoms. The highest BCUT2D eigenvalue weighted by Crippen LogP contribution is 2.28. The first-order valence-corrected chi connectivity index (χ1v) is 9.01. The first-order valence-electron chi connectivity index (χ1n) is 9.01. The van der Waals surface area contributed by atoms with Crippen LogP contribution in [0.5, 0.6) is 11.5 Å². The van der Waals surface area contributed by atoms with Gasteiger partial charge in [-0.2, -0.15) is 0 Å². The Labute approximate surface area is 174 Å². The Bertz CT molecular complexity index is 925. The number of allylic oxidation sites excluding steroid dienone is 4. The predicted octanol–water partition coefficient (Wildman–Crippen LogP) is 2.58. The minimum absolute atomic E-state index is 0.0381. The summed E-state index contributed by atoms with van der Waals surface area (Å²) < 4.78 is 15.1. The molecule has 0 radical (unpaired) electrons. The summed E-state index contributed by atoms with van der Waals surface area (Å²) in [5, 5.41) is 29.5. The lowest BCUT2D eigenvalue weighted by Gasteiger charge is -2.32. The molecule has 2 unspecified atom stereocenters. The average Bonchev–Trinajstić information content (AvgIpc) is 2.68. The van der Waals surface area contributed by atoms with Gasteiger partial charge in [-0.15, -0.1) is 0 Å². The zero-order valence-corrected chi connectivity index (χ0v) is 16.9. The molecule has 1 aromatic rings. The maximum absolute atomic E-state index is 11.6. The van der Waals surface area contributed by atoms with Gasteiger partial charge in [0.25, 0.3) is 5.79 Å². The van der Waals surface area contributed by atoms with E-state index in [1.807, 2.05) is 0 Å². The molecule has 1 aliphatic carbocycles. The van der Waals surface area contributed by atoms with Crippen molar-refractivity contribution < 1.29 is 39.1 Å². The van der Waals surface area contributed by atoms with Crippen molar-refractivity contribution in [2.45, 2.75) is 25.2 Å². The van der Waals surface area contributed by atoms with Crippen molar-refractivity contribution in [1.29, 1.82) is 0 Å². The normalized spacial score (nSPS) is 21.4. The second kappa shape index (κ2) is 9.91. The molecule has 0 saturated heterocycles. The first-order chi connectivity index (χ1) is 14.2. The maximum atomic E-state index is 11.6. The third-order valence-electron chi connectivity index (χ3n) is 4.29. The van der Waals surface area contributed by atoms with Gasteiger partial charge in [-0.05, 0) is 47.9 Å². The number of benzene rings is 1. The van der Waals surface area contributed by atoms with Crippen LogP contribution < -0.4 is 4.74 Å². The third-order valence-corrected chi connectivity index (χ3v) is 4.29. The second-order valence-electron chi connectivity index (χ2n) is 6.51. The predicted molar refractivity (Wildman–Crippen MR) is 109 cm³/mol. The number of phenolic OH excluding ortho intramolecular Hbond substituents is 1. The highest BCUT2D eigenvalue weighted by atomic mass is 16.7. The van der Waals surface area contributed by atoms with Crippen molar-refractivity contribution in [2.24, 2.45) is 0 Å². The fourth-order valence-corrected chi connectivity index (χ4v) is 2.85. The smallest absolute Gasteiger partial charge is 0.331 e. The third kappa shape index (κ3) is 5.82. The van der Waals surface area contributed by atoms with Gasteiger partial charge < -0.3 is 29.5 Å². The van der Waals surface area contributed by atoms with E-state index in [1.54, 1.807) is 30.4 Å². The summed E-state index contributed by atoms with van der Waals surface area (Å²) in [4.78, 5) is 22.8. The molecule has 1 aliphatic rings. The molecule has 8 nitrogen and oxygen atoms in total. The van der Waals surface area contributed by atoms with E-state index >= 15 is 0 Å². The Morgan fingerprint density at radius 1 is 1.27 bits per heavy atom. The Morgan fingerprint density at radius 2 is 2.00 bits per heavy atom. The van der Waals surface area contributed by atoms with Gasteiger partial charge in [0.05, 0.1) is 7.11 Å². The fourth-order valence-electron chi connectivity index (χ4n) is 2.85. The number of esters is 1. The largest absolute Gasteiger partial charge is 0.504 e. The summed E-state index contributed by atoms with van der Waals surface area (Å²) in [7, 11) is 2.78. The number of phenols is 1. The van der Waals surface area contributed by atoms with Gasteiger partial charge in [0.2, 0.25) is 0 Å². The molecule has 30 heavy (non-hydrogen) atoms. The van der Waals surface area contributed by atoms with E-state index in [2.05, 4.69) is 0 Å². The van der Waals surface area contributed by atoms with Crippen LogP contribution in [0.15, 0.2) is 59.7 Å². The van der Waals surface area contributed by atoms with Crippen LogP contribution in [0.2, 0.25) is 0 Å². The summed E-state index contributed by atoms with van der Waals surface area (Å²) in [5.41, 5.74) is 1.34. The minimum atomic E-state index is -1.90. The quantitative estimate of drug-likeness (QED) is 0.336. The molecule has 0 bridgehead atoms. The zero-order valence-electron chi connectivity index (χ0n) is 16.9.